The molecule has 0 saturated carbocycles. The third-order valence-electron chi connectivity index (χ3n) is 5.49. The van der Waals surface area contributed by atoms with E-state index >= 15 is 0 Å². The topological polar surface area (TPSA) is 29.5 Å². The van der Waals surface area contributed by atoms with Crippen molar-refractivity contribution in [3.05, 3.63) is 96.6 Å². The standard InChI is InChI=1S/C26H32NO2P/c1-3-27(4-2)20-24(29-21-23-14-8-5-9-15-23)22-30(28,25-16-10-6-11-17-25)26-18-12-7-13-19-26/h5-19,24H,3-4,20-22H2,1-2H3. The highest BCUT2D eigenvalue weighted by Crippen LogP contribution is 2.44. The lowest BCUT2D eigenvalue weighted by Crippen LogP contribution is -2.37. The average molecular weight is 422 g/mol. The van der Waals surface area contributed by atoms with Crippen LogP contribution in [0, 0.1) is 0 Å². The van der Waals surface area contributed by atoms with Crippen LogP contribution in [-0.4, -0.2) is 36.8 Å². The second-order valence-electron chi connectivity index (χ2n) is 7.50. The average Bonchev–Trinajstić information content (AvgIpc) is 2.82. The fourth-order valence-electron chi connectivity index (χ4n) is 3.71. The molecular formula is C26H32NO2P. The molecule has 4 heteroatoms. The van der Waals surface area contributed by atoms with Crippen LogP contribution in [0.3, 0.4) is 0 Å². The molecule has 1 unspecified atom stereocenters. The summed E-state index contributed by atoms with van der Waals surface area (Å²) in [5, 5.41) is 1.79. The fraction of sp³-hybridized carbons (Fsp3) is 0.308. The van der Waals surface area contributed by atoms with Crippen LogP contribution in [0.4, 0.5) is 0 Å². The molecule has 0 aromatic heterocycles. The Kier molecular flexibility index (Phi) is 8.45. The summed E-state index contributed by atoms with van der Waals surface area (Å²) >= 11 is 0. The van der Waals surface area contributed by atoms with Crippen LogP contribution in [0.1, 0.15) is 19.4 Å². The van der Waals surface area contributed by atoms with Crippen molar-refractivity contribution in [2.24, 2.45) is 0 Å². The number of nitrogens with zero attached hydrogens (tertiary/aromatic N) is 1. The quantitative estimate of drug-likeness (QED) is 0.411. The zero-order chi connectivity index (χ0) is 21.2. The minimum absolute atomic E-state index is 0.128. The molecule has 3 aromatic rings. The van der Waals surface area contributed by atoms with Crippen molar-refractivity contribution in [3.63, 3.8) is 0 Å². The molecule has 0 N–H and O–H groups in total. The molecule has 0 aliphatic carbocycles. The van der Waals surface area contributed by atoms with E-state index in [-0.39, 0.29) is 6.10 Å². The maximum atomic E-state index is 14.5. The zero-order valence-corrected chi connectivity index (χ0v) is 18.9. The van der Waals surface area contributed by atoms with Crippen LogP contribution < -0.4 is 10.6 Å². The molecule has 0 heterocycles. The highest BCUT2D eigenvalue weighted by molar-refractivity contribution is 7.78. The van der Waals surface area contributed by atoms with E-state index in [0.717, 1.165) is 35.8 Å². The van der Waals surface area contributed by atoms with Crippen LogP contribution in [0.5, 0.6) is 0 Å². The maximum absolute atomic E-state index is 14.5. The first kappa shape index (κ1) is 22.5. The van der Waals surface area contributed by atoms with Gasteiger partial charge in [-0.15, -0.1) is 0 Å². The van der Waals surface area contributed by atoms with Gasteiger partial charge in [0.15, 0.2) is 0 Å². The molecule has 30 heavy (non-hydrogen) atoms. The van der Waals surface area contributed by atoms with E-state index in [4.69, 9.17) is 4.74 Å². The number of likely N-dealkylation sites (N-methyl/N-ethyl adjacent to an activating group) is 1. The molecule has 158 valence electrons. The first-order valence-electron chi connectivity index (χ1n) is 10.7. The van der Waals surface area contributed by atoms with Gasteiger partial charge in [0.2, 0.25) is 0 Å². The third-order valence-corrected chi connectivity index (χ3v) is 8.68. The molecule has 0 bridgehead atoms. The van der Waals surface area contributed by atoms with E-state index in [1.807, 2.05) is 78.9 Å². The fourth-order valence-corrected chi connectivity index (χ4v) is 6.53. The number of hydrogen-bond acceptors (Lipinski definition) is 3. The lowest BCUT2D eigenvalue weighted by molar-refractivity contribution is 0.0309. The molecule has 0 saturated heterocycles. The van der Waals surface area contributed by atoms with Crippen LogP contribution >= 0.6 is 7.14 Å². The van der Waals surface area contributed by atoms with Gasteiger partial charge in [0.25, 0.3) is 0 Å². The van der Waals surface area contributed by atoms with Gasteiger partial charge in [-0.1, -0.05) is 105 Å². The van der Waals surface area contributed by atoms with E-state index in [9.17, 15) is 4.57 Å². The van der Waals surface area contributed by atoms with Gasteiger partial charge in [-0.3, -0.25) is 0 Å². The van der Waals surface area contributed by atoms with E-state index in [1.54, 1.807) is 0 Å². The van der Waals surface area contributed by atoms with Gasteiger partial charge in [-0.2, -0.15) is 0 Å². The molecule has 0 spiro atoms. The summed E-state index contributed by atoms with van der Waals surface area (Å²) in [6, 6.07) is 30.0. The highest BCUT2D eigenvalue weighted by Gasteiger charge is 2.31. The highest BCUT2D eigenvalue weighted by atomic mass is 31.2. The minimum Gasteiger partial charge on any atom is -0.372 e. The number of rotatable bonds is 11. The lowest BCUT2D eigenvalue weighted by Gasteiger charge is -2.29. The van der Waals surface area contributed by atoms with Gasteiger partial charge in [0, 0.05) is 23.3 Å². The molecule has 0 aliphatic rings. The molecular weight excluding hydrogens is 389 g/mol. The van der Waals surface area contributed by atoms with Gasteiger partial charge in [0.1, 0.15) is 7.14 Å². The predicted octanol–water partition coefficient (Wildman–Crippen LogP) is 4.93. The molecule has 3 aromatic carbocycles. The van der Waals surface area contributed by atoms with Gasteiger partial charge in [0.05, 0.1) is 12.7 Å². The van der Waals surface area contributed by atoms with E-state index < -0.39 is 7.14 Å². The van der Waals surface area contributed by atoms with Gasteiger partial charge in [-0.05, 0) is 18.7 Å². The Morgan fingerprint density at radius 2 is 1.23 bits per heavy atom. The van der Waals surface area contributed by atoms with Crippen LogP contribution in [0.15, 0.2) is 91.0 Å². The summed E-state index contributed by atoms with van der Waals surface area (Å²) in [6.45, 7) is 7.50. The summed E-state index contributed by atoms with van der Waals surface area (Å²) in [4.78, 5) is 2.34. The molecule has 3 nitrogen and oxygen atoms in total. The second-order valence-corrected chi connectivity index (χ2v) is 10.4. The third kappa shape index (κ3) is 5.92. The maximum Gasteiger partial charge on any atom is 0.145 e. The summed E-state index contributed by atoms with van der Waals surface area (Å²) in [5.41, 5.74) is 1.14. The molecule has 0 aliphatic heterocycles. The Morgan fingerprint density at radius 3 is 1.70 bits per heavy atom. The first-order chi connectivity index (χ1) is 14.7. The SMILES string of the molecule is CCN(CC)CC(CP(=O)(c1ccccc1)c1ccccc1)OCc1ccccc1. The second kappa shape index (κ2) is 11.3. The monoisotopic (exact) mass is 421 g/mol. The van der Waals surface area contributed by atoms with Crippen molar-refractivity contribution in [2.75, 3.05) is 25.8 Å². The summed E-state index contributed by atoms with van der Waals surface area (Å²) in [7, 11) is -2.83. The van der Waals surface area contributed by atoms with Crippen molar-refractivity contribution in [1.82, 2.24) is 4.90 Å². The first-order valence-corrected chi connectivity index (χ1v) is 12.6. The number of hydrogen-bond donors (Lipinski definition) is 0. The van der Waals surface area contributed by atoms with Crippen molar-refractivity contribution >= 4 is 17.8 Å². The van der Waals surface area contributed by atoms with Crippen LogP contribution in [-0.2, 0) is 15.9 Å². The smallest absolute Gasteiger partial charge is 0.145 e. The minimum atomic E-state index is -2.83. The largest absolute Gasteiger partial charge is 0.372 e. The molecule has 0 radical (unpaired) electrons. The summed E-state index contributed by atoms with van der Waals surface area (Å²) in [5.74, 6) is 0. The van der Waals surface area contributed by atoms with E-state index in [0.29, 0.717) is 12.8 Å². The summed E-state index contributed by atoms with van der Waals surface area (Å²) < 4.78 is 20.9. The van der Waals surface area contributed by atoms with Crippen molar-refractivity contribution in [2.45, 2.75) is 26.6 Å². The van der Waals surface area contributed by atoms with Crippen LogP contribution in [0.25, 0.3) is 0 Å². The number of ether oxygens (including phenoxy) is 1. The molecule has 0 amide bonds. The summed E-state index contributed by atoms with van der Waals surface area (Å²) in [6.07, 6.45) is 0.362. The van der Waals surface area contributed by atoms with E-state index in [2.05, 4.69) is 30.9 Å². The molecule has 0 fully saturated rings. The zero-order valence-electron chi connectivity index (χ0n) is 18.0. The van der Waals surface area contributed by atoms with Gasteiger partial charge in [-0.25, -0.2) is 0 Å². The van der Waals surface area contributed by atoms with E-state index in [1.165, 1.54) is 0 Å². The Morgan fingerprint density at radius 1 is 0.767 bits per heavy atom. The Bertz CT molecular complexity index is 868. The van der Waals surface area contributed by atoms with Gasteiger partial charge >= 0.3 is 0 Å². The van der Waals surface area contributed by atoms with Gasteiger partial charge < -0.3 is 14.2 Å². The predicted molar refractivity (Wildman–Crippen MR) is 127 cm³/mol. The normalized spacial score (nSPS) is 12.8. The Labute approximate surface area is 181 Å². The van der Waals surface area contributed by atoms with Crippen molar-refractivity contribution in [3.8, 4) is 0 Å². The molecule has 3 rings (SSSR count). The Balaban J connectivity index is 1.90. The van der Waals surface area contributed by atoms with Crippen molar-refractivity contribution in [1.29, 1.82) is 0 Å². The van der Waals surface area contributed by atoms with Crippen LogP contribution in [0.2, 0.25) is 0 Å². The lowest BCUT2D eigenvalue weighted by atomic mass is 10.2. The molecule has 1 atom stereocenters. The van der Waals surface area contributed by atoms with Crippen molar-refractivity contribution < 1.29 is 9.30 Å². The number of benzene rings is 3. The Hall–Kier alpha value is -2.19.